The summed E-state index contributed by atoms with van der Waals surface area (Å²) >= 11 is 0. The van der Waals surface area contributed by atoms with E-state index in [9.17, 15) is 8.42 Å². The van der Waals surface area contributed by atoms with E-state index in [-0.39, 0.29) is 16.9 Å². The van der Waals surface area contributed by atoms with Crippen molar-refractivity contribution in [3.63, 3.8) is 0 Å². The molecule has 8 heteroatoms. The summed E-state index contributed by atoms with van der Waals surface area (Å²) in [7, 11) is -0.380. The molecule has 2 aromatic heterocycles. The van der Waals surface area contributed by atoms with Crippen LogP contribution in [0, 0.1) is 0 Å². The van der Waals surface area contributed by atoms with Crippen LogP contribution in [0.15, 0.2) is 76.8 Å². The average molecular weight is 549 g/mol. The van der Waals surface area contributed by atoms with Crippen molar-refractivity contribution in [1.82, 2.24) is 9.72 Å². The maximum Gasteiger partial charge on any atom is 0.209 e. The Kier molecular flexibility index (Phi) is 7.86. The smallest absolute Gasteiger partial charge is 0.209 e. The second kappa shape index (κ2) is 11.3. The Labute approximate surface area is 230 Å². The molecule has 0 amide bonds. The molecule has 0 fully saturated rings. The first-order valence-corrected chi connectivity index (χ1v) is 14.9. The predicted octanol–water partition coefficient (Wildman–Crippen LogP) is 5.96. The Bertz CT molecular complexity index is 1560. The Morgan fingerprint density at radius 1 is 1.03 bits per heavy atom. The van der Waals surface area contributed by atoms with Crippen molar-refractivity contribution in [3.05, 3.63) is 83.7 Å². The molecule has 3 heterocycles. The second-order valence-corrected chi connectivity index (χ2v) is 12.1. The van der Waals surface area contributed by atoms with Gasteiger partial charge in [0.25, 0.3) is 0 Å². The van der Waals surface area contributed by atoms with E-state index in [1.165, 1.54) is 11.1 Å². The van der Waals surface area contributed by atoms with Gasteiger partial charge in [0.2, 0.25) is 9.84 Å². The maximum absolute atomic E-state index is 13.7. The van der Waals surface area contributed by atoms with Crippen molar-refractivity contribution in [1.29, 1.82) is 0 Å². The van der Waals surface area contributed by atoms with E-state index < -0.39 is 9.84 Å². The molecule has 4 aromatic rings. The van der Waals surface area contributed by atoms with E-state index in [1.807, 2.05) is 48.8 Å². The Hall–Kier alpha value is -3.49. The van der Waals surface area contributed by atoms with E-state index in [2.05, 4.69) is 17.4 Å². The largest absolute Gasteiger partial charge is 0.494 e. The lowest BCUT2D eigenvalue weighted by molar-refractivity contribution is 0.294. The van der Waals surface area contributed by atoms with E-state index in [0.717, 1.165) is 42.9 Å². The molecule has 1 aliphatic heterocycles. The summed E-state index contributed by atoms with van der Waals surface area (Å²) in [4.78, 5) is 0.641. The summed E-state index contributed by atoms with van der Waals surface area (Å²) in [6.07, 6.45) is 6.51. The van der Waals surface area contributed by atoms with Crippen molar-refractivity contribution in [2.75, 3.05) is 27.4 Å². The molecule has 1 aliphatic rings. The fourth-order valence-corrected chi connectivity index (χ4v) is 7.14. The maximum atomic E-state index is 13.7. The number of methoxy groups -OCH3 is 2. The first-order chi connectivity index (χ1) is 18.8. The van der Waals surface area contributed by atoms with Crippen LogP contribution < -0.4 is 19.5 Å². The highest BCUT2D eigenvalue weighted by atomic mass is 32.2. The molecule has 7 nitrogen and oxygen atoms in total. The van der Waals surface area contributed by atoms with Crippen LogP contribution in [0.4, 0.5) is 0 Å². The van der Waals surface area contributed by atoms with Gasteiger partial charge in [0.15, 0.2) is 11.5 Å². The number of benzene rings is 2. The number of rotatable bonds is 10. The Morgan fingerprint density at radius 3 is 2.49 bits per heavy atom. The zero-order chi connectivity index (χ0) is 27.6. The van der Waals surface area contributed by atoms with Crippen LogP contribution in [0.1, 0.15) is 55.3 Å². The van der Waals surface area contributed by atoms with Crippen LogP contribution in [0.3, 0.4) is 0 Å². The highest BCUT2D eigenvalue weighted by Crippen LogP contribution is 2.37. The second-order valence-electron chi connectivity index (χ2n) is 10.2. The Morgan fingerprint density at radius 2 is 1.77 bits per heavy atom. The molecule has 0 saturated heterocycles. The van der Waals surface area contributed by atoms with Crippen molar-refractivity contribution in [2.45, 2.75) is 54.9 Å². The van der Waals surface area contributed by atoms with Crippen LogP contribution in [0.25, 0.3) is 5.52 Å². The lowest BCUT2D eigenvalue weighted by Crippen LogP contribution is -2.30. The van der Waals surface area contributed by atoms with Crippen molar-refractivity contribution in [3.8, 4) is 17.2 Å². The topological polar surface area (TPSA) is 78.3 Å². The van der Waals surface area contributed by atoms with Crippen molar-refractivity contribution < 1.29 is 22.6 Å². The van der Waals surface area contributed by atoms with Crippen LogP contribution in [0.5, 0.6) is 17.2 Å². The quantitative estimate of drug-likeness (QED) is 0.247. The highest BCUT2D eigenvalue weighted by Gasteiger charge is 2.27. The Balaban J connectivity index is 1.25. The van der Waals surface area contributed by atoms with Crippen LogP contribution >= 0.6 is 0 Å². The van der Waals surface area contributed by atoms with Crippen molar-refractivity contribution in [2.24, 2.45) is 0 Å². The molecule has 0 bridgehead atoms. The number of aromatic nitrogens is 1. The standard InChI is InChI=1S/C31H36N2O5S/c1-21(2)26-20-33-16-6-5-9-28(33)31(26)39(34,35)24-12-10-23(11-13-24)38-17-7-8-27-25-19-30(37-4)29(36-3)18-22(25)14-15-32-27/h5-6,9-13,16,18-21,27,32H,7-8,14-15,17H2,1-4H3. The summed E-state index contributed by atoms with van der Waals surface area (Å²) in [6, 6.07) is 16.7. The summed E-state index contributed by atoms with van der Waals surface area (Å²) in [5, 5.41) is 3.60. The minimum atomic E-state index is -3.70. The van der Waals surface area contributed by atoms with Gasteiger partial charge in [-0.05, 0) is 96.9 Å². The molecule has 0 radical (unpaired) electrons. The van der Waals surface area contributed by atoms with Gasteiger partial charge in [-0.15, -0.1) is 0 Å². The molecule has 1 N–H and O–H groups in total. The zero-order valence-corrected chi connectivity index (χ0v) is 23.8. The molecular weight excluding hydrogens is 512 g/mol. The molecule has 39 heavy (non-hydrogen) atoms. The van der Waals surface area contributed by atoms with Gasteiger partial charge in [0, 0.05) is 18.4 Å². The average Bonchev–Trinajstić information content (AvgIpc) is 3.36. The predicted molar refractivity (Wildman–Crippen MR) is 152 cm³/mol. The van der Waals surface area contributed by atoms with E-state index in [0.29, 0.717) is 22.8 Å². The first kappa shape index (κ1) is 27.1. The lowest BCUT2D eigenvalue weighted by atomic mass is 9.91. The summed E-state index contributed by atoms with van der Waals surface area (Å²) in [5.41, 5.74) is 4.03. The van der Waals surface area contributed by atoms with Crippen molar-refractivity contribution >= 4 is 15.4 Å². The van der Waals surface area contributed by atoms with Crippen LogP contribution in [0.2, 0.25) is 0 Å². The van der Waals surface area contributed by atoms with E-state index in [4.69, 9.17) is 14.2 Å². The number of ether oxygens (including phenoxy) is 3. The van der Waals surface area contributed by atoms with Gasteiger partial charge in [-0.1, -0.05) is 19.9 Å². The van der Waals surface area contributed by atoms with Crippen LogP contribution in [-0.4, -0.2) is 40.2 Å². The van der Waals surface area contributed by atoms with Gasteiger partial charge in [-0.3, -0.25) is 0 Å². The minimum Gasteiger partial charge on any atom is -0.494 e. The summed E-state index contributed by atoms with van der Waals surface area (Å²) in [5.74, 6) is 2.23. The first-order valence-electron chi connectivity index (χ1n) is 13.4. The molecule has 0 aliphatic carbocycles. The highest BCUT2D eigenvalue weighted by molar-refractivity contribution is 7.91. The minimum absolute atomic E-state index is 0.0750. The lowest BCUT2D eigenvalue weighted by Gasteiger charge is -2.28. The molecule has 206 valence electrons. The molecule has 2 aromatic carbocycles. The zero-order valence-electron chi connectivity index (χ0n) is 22.9. The fraction of sp³-hybridized carbons (Fsp3) is 0.355. The molecule has 0 saturated carbocycles. The molecule has 0 spiro atoms. The summed E-state index contributed by atoms with van der Waals surface area (Å²) < 4.78 is 46.2. The normalized spacial score (nSPS) is 15.4. The number of hydrogen-bond donors (Lipinski definition) is 1. The fourth-order valence-electron chi connectivity index (χ4n) is 5.36. The van der Waals surface area contributed by atoms with Gasteiger partial charge in [0.05, 0.1) is 31.2 Å². The third kappa shape index (κ3) is 5.36. The van der Waals surface area contributed by atoms with Gasteiger partial charge in [-0.2, -0.15) is 0 Å². The SMILES string of the molecule is COc1cc2c(cc1OC)C(CCCOc1ccc(S(=O)(=O)c3c(C(C)C)cn4ccccc34)cc1)NCC2. The monoisotopic (exact) mass is 548 g/mol. The third-order valence-electron chi connectivity index (χ3n) is 7.40. The molecule has 1 atom stereocenters. The third-order valence-corrected chi connectivity index (χ3v) is 9.27. The van der Waals surface area contributed by atoms with Crippen LogP contribution in [-0.2, 0) is 16.3 Å². The molecule has 1 unspecified atom stereocenters. The number of fused-ring (bicyclic) bond motifs is 2. The molecule has 5 rings (SSSR count). The van der Waals surface area contributed by atoms with E-state index in [1.54, 1.807) is 38.5 Å². The van der Waals surface area contributed by atoms with Gasteiger partial charge >= 0.3 is 0 Å². The summed E-state index contributed by atoms with van der Waals surface area (Å²) in [6.45, 7) is 5.48. The van der Waals surface area contributed by atoms with Gasteiger partial charge in [-0.25, -0.2) is 8.42 Å². The number of hydrogen-bond acceptors (Lipinski definition) is 6. The van der Waals surface area contributed by atoms with Gasteiger partial charge in [0.1, 0.15) is 10.6 Å². The van der Waals surface area contributed by atoms with Gasteiger partial charge < -0.3 is 23.9 Å². The number of nitrogens with zero attached hydrogens (tertiary/aromatic N) is 1. The van der Waals surface area contributed by atoms with E-state index >= 15 is 0 Å². The number of nitrogens with one attached hydrogen (secondary N) is 1. The number of pyridine rings is 1. The molecular formula is C31H36N2O5S. The number of sulfone groups is 1.